The Morgan fingerprint density at radius 2 is 2.42 bits per heavy atom. The molecular formula is C10H12NO. The normalized spacial score (nSPS) is 9.42. The minimum Gasteiger partial charge on any atom is -0.352 e. The molecule has 2 heteroatoms. The minimum atomic E-state index is -0.0440. The molecule has 0 aliphatic carbocycles. The Kier molecular flexibility index (Phi) is 3.33. The summed E-state index contributed by atoms with van der Waals surface area (Å²) in [7, 11) is 0. The molecule has 0 fully saturated rings. The lowest BCUT2D eigenvalue weighted by Crippen LogP contribution is -2.23. The largest absolute Gasteiger partial charge is 0.352 e. The summed E-state index contributed by atoms with van der Waals surface area (Å²) in [5.74, 6) is -0.0440. The molecule has 2 nitrogen and oxygen atoms in total. The van der Waals surface area contributed by atoms with Gasteiger partial charge in [0.1, 0.15) is 0 Å². The van der Waals surface area contributed by atoms with Crippen molar-refractivity contribution < 1.29 is 4.79 Å². The summed E-state index contributed by atoms with van der Waals surface area (Å²) in [6, 6.07) is 10.0. The highest BCUT2D eigenvalue weighted by Crippen LogP contribution is 1.96. The molecule has 1 aromatic rings. The van der Waals surface area contributed by atoms with E-state index >= 15 is 0 Å². The molecule has 1 radical (unpaired) electrons. The first kappa shape index (κ1) is 8.78. The van der Waals surface area contributed by atoms with E-state index in [4.69, 9.17) is 0 Å². The fourth-order valence-corrected chi connectivity index (χ4v) is 0.868. The lowest BCUT2D eigenvalue weighted by atomic mass is 10.2. The van der Waals surface area contributed by atoms with Gasteiger partial charge in [0.2, 0.25) is 0 Å². The van der Waals surface area contributed by atoms with Crippen LogP contribution in [0.3, 0.4) is 0 Å². The van der Waals surface area contributed by atoms with E-state index in [1.54, 1.807) is 12.1 Å². The molecule has 0 heterocycles. The fraction of sp³-hybridized carbons (Fsp3) is 0.300. The molecule has 63 valence electrons. The third kappa shape index (κ3) is 2.38. The maximum absolute atomic E-state index is 11.3. The van der Waals surface area contributed by atoms with Crippen LogP contribution in [0.2, 0.25) is 0 Å². The number of nitrogens with one attached hydrogen (secondary N) is 1. The zero-order chi connectivity index (χ0) is 8.81. The van der Waals surface area contributed by atoms with E-state index in [1.165, 1.54) is 0 Å². The quantitative estimate of drug-likeness (QED) is 0.719. The summed E-state index contributed by atoms with van der Waals surface area (Å²) >= 11 is 0. The van der Waals surface area contributed by atoms with Crippen LogP contribution in [0.5, 0.6) is 0 Å². The zero-order valence-electron chi connectivity index (χ0n) is 7.13. The first-order valence-corrected chi connectivity index (χ1v) is 4.09. The Morgan fingerprint density at radius 1 is 1.58 bits per heavy atom. The smallest absolute Gasteiger partial charge is 0.251 e. The maximum atomic E-state index is 11.3. The van der Waals surface area contributed by atoms with E-state index in [-0.39, 0.29) is 5.91 Å². The topological polar surface area (TPSA) is 29.1 Å². The van der Waals surface area contributed by atoms with Crippen molar-refractivity contribution in [1.82, 2.24) is 5.32 Å². The summed E-state index contributed by atoms with van der Waals surface area (Å²) < 4.78 is 0. The Hall–Kier alpha value is -1.31. The molecule has 0 atom stereocenters. The van der Waals surface area contributed by atoms with Crippen LogP contribution in [0.4, 0.5) is 0 Å². The predicted octanol–water partition coefficient (Wildman–Crippen LogP) is 1.63. The van der Waals surface area contributed by atoms with Crippen LogP contribution in [0.1, 0.15) is 23.7 Å². The van der Waals surface area contributed by atoms with E-state index in [0.29, 0.717) is 5.56 Å². The van der Waals surface area contributed by atoms with Crippen molar-refractivity contribution in [2.45, 2.75) is 13.3 Å². The highest BCUT2D eigenvalue weighted by molar-refractivity contribution is 5.93. The molecule has 1 amide bonds. The van der Waals surface area contributed by atoms with Crippen LogP contribution in [-0.4, -0.2) is 12.5 Å². The number of benzene rings is 1. The van der Waals surface area contributed by atoms with Crippen LogP contribution in [-0.2, 0) is 0 Å². The van der Waals surface area contributed by atoms with Gasteiger partial charge < -0.3 is 5.32 Å². The number of hydrogen-bond acceptors (Lipinski definition) is 1. The van der Waals surface area contributed by atoms with Crippen molar-refractivity contribution in [3.63, 3.8) is 0 Å². The van der Waals surface area contributed by atoms with Gasteiger partial charge in [0.25, 0.3) is 5.91 Å². The van der Waals surface area contributed by atoms with Crippen molar-refractivity contribution in [3.05, 3.63) is 35.9 Å². The lowest BCUT2D eigenvalue weighted by Gasteiger charge is -2.01. The molecule has 12 heavy (non-hydrogen) atoms. The summed E-state index contributed by atoms with van der Waals surface area (Å²) in [4.78, 5) is 11.3. The first-order valence-electron chi connectivity index (χ1n) is 4.09. The van der Waals surface area contributed by atoms with Gasteiger partial charge in [-0.05, 0) is 18.6 Å². The summed E-state index contributed by atoms with van der Waals surface area (Å²) in [5, 5.41) is 2.78. The molecule has 0 aliphatic heterocycles. The van der Waals surface area contributed by atoms with E-state index in [9.17, 15) is 4.79 Å². The number of amides is 1. The molecule has 0 unspecified atom stereocenters. The van der Waals surface area contributed by atoms with Crippen molar-refractivity contribution >= 4 is 5.91 Å². The lowest BCUT2D eigenvalue weighted by molar-refractivity contribution is 0.0953. The van der Waals surface area contributed by atoms with Gasteiger partial charge in [-0.2, -0.15) is 0 Å². The van der Waals surface area contributed by atoms with Crippen molar-refractivity contribution in [2.75, 3.05) is 6.54 Å². The molecule has 0 saturated carbocycles. The zero-order valence-corrected chi connectivity index (χ0v) is 7.13. The SMILES string of the molecule is CCCNC(=O)c1[c]cccc1. The van der Waals surface area contributed by atoms with Crippen LogP contribution in [0, 0.1) is 6.07 Å². The van der Waals surface area contributed by atoms with E-state index in [2.05, 4.69) is 11.4 Å². The monoisotopic (exact) mass is 162 g/mol. The molecule has 0 aromatic heterocycles. The molecular weight excluding hydrogens is 150 g/mol. The number of rotatable bonds is 3. The van der Waals surface area contributed by atoms with Crippen LogP contribution in [0.15, 0.2) is 24.3 Å². The molecule has 0 spiro atoms. The second-order valence-corrected chi connectivity index (χ2v) is 2.53. The minimum absolute atomic E-state index is 0.0440. The van der Waals surface area contributed by atoms with Gasteiger partial charge in [-0.3, -0.25) is 4.79 Å². The number of carbonyl (C=O) groups is 1. The van der Waals surface area contributed by atoms with Crippen LogP contribution in [0.25, 0.3) is 0 Å². The highest BCUT2D eigenvalue weighted by atomic mass is 16.1. The van der Waals surface area contributed by atoms with Crippen LogP contribution >= 0.6 is 0 Å². The second-order valence-electron chi connectivity index (χ2n) is 2.53. The number of hydrogen-bond donors (Lipinski definition) is 1. The molecule has 1 rings (SSSR count). The average molecular weight is 162 g/mol. The average Bonchev–Trinajstić information content (AvgIpc) is 2.15. The van der Waals surface area contributed by atoms with Gasteiger partial charge in [0.15, 0.2) is 0 Å². The second kappa shape index (κ2) is 4.54. The molecule has 0 saturated heterocycles. The maximum Gasteiger partial charge on any atom is 0.251 e. The summed E-state index contributed by atoms with van der Waals surface area (Å²) in [6.07, 6.45) is 0.957. The summed E-state index contributed by atoms with van der Waals surface area (Å²) in [5.41, 5.74) is 0.603. The molecule has 1 N–H and O–H groups in total. The standard InChI is InChI=1S/C10H12NO/c1-2-8-11-10(12)9-6-4-3-5-7-9/h3-6H,2,8H2,1H3,(H,11,12). The van der Waals surface area contributed by atoms with Crippen molar-refractivity contribution in [3.8, 4) is 0 Å². The Balaban J connectivity index is 2.54. The Bertz CT molecular complexity index is 243. The Labute approximate surface area is 72.6 Å². The van der Waals surface area contributed by atoms with Crippen LogP contribution < -0.4 is 5.32 Å². The first-order chi connectivity index (χ1) is 5.84. The van der Waals surface area contributed by atoms with Crippen molar-refractivity contribution in [1.29, 1.82) is 0 Å². The molecule has 0 bridgehead atoms. The van der Waals surface area contributed by atoms with Crippen molar-refractivity contribution in [2.24, 2.45) is 0 Å². The third-order valence-electron chi connectivity index (χ3n) is 1.49. The summed E-state index contributed by atoms with van der Waals surface area (Å²) in [6.45, 7) is 2.75. The molecule has 0 aliphatic rings. The van der Waals surface area contributed by atoms with E-state index < -0.39 is 0 Å². The van der Waals surface area contributed by atoms with Gasteiger partial charge in [0.05, 0.1) is 0 Å². The van der Waals surface area contributed by atoms with Gasteiger partial charge in [0, 0.05) is 12.1 Å². The van der Waals surface area contributed by atoms with Gasteiger partial charge >= 0.3 is 0 Å². The number of carbonyl (C=O) groups excluding carboxylic acids is 1. The van der Waals surface area contributed by atoms with Gasteiger partial charge in [-0.25, -0.2) is 0 Å². The van der Waals surface area contributed by atoms with Gasteiger partial charge in [-0.1, -0.05) is 25.1 Å². The highest BCUT2D eigenvalue weighted by Gasteiger charge is 2.01. The fourth-order valence-electron chi connectivity index (χ4n) is 0.868. The van der Waals surface area contributed by atoms with E-state index in [0.717, 1.165) is 13.0 Å². The third-order valence-corrected chi connectivity index (χ3v) is 1.49. The predicted molar refractivity (Wildman–Crippen MR) is 47.9 cm³/mol. The molecule has 1 aromatic carbocycles. The van der Waals surface area contributed by atoms with Gasteiger partial charge in [-0.15, -0.1) is 0 Å². The van der Waals surface area contributed by atoms with E-state index in [1.807, 2.05) is 19.1 Å². The Morgan fingerprint density at radius 3 is 3.00 bits per heavy atom.